The Morgan fingerprint density at radius 1 is 1.47 bits per heavy atom. The zero-order valence-corrected chi connectivity index (χ0v) is 11.0. The van der Waals surface area contributed by atoms with Gasteiger partial charge in [0, 0.05) is 7.05 Å². The average Bonchev–Trinajstić information content (AvgIpc) is 2.37. The number of carbonyl (C=O) groups is 2. The number of carbonyl (C=O) groups excluding carboxylic acids is 1. The van der Waals surface area contributed by atoms with Gasteiger partial charge in [0.1, 0.15) is 6.04 Å². The van der Waals surface area contributed by atoms with Crippen LogP contribution in [0.3, 0.4) is 0 Å². The standard InChI is InChI=1S/C13H16FNO4/c1-8-4-5-10(14)11(6-8)19-7-12(16)15(3)9(2)13(17)18/h4-6,9H,7H2,1-3H3,(H,17,18). The van der Waals surface area contributed by atoms with Crippen molar-refractivity contribution in [2.45, 2.75) is 19.9 Å². The van der Waals surface area contributed by atoms with Gasteiger partial charge < -0.3 is 14.7 Å². The smallest absolute Gasteiger partial charge is 0.326 e. The van der Waals surface area contributed by atoms with Crippen LogP contribution in [0, 0.1) is 12.7 Å². The molecule has 1 unspecified atom stereocenters. The summed E-state index contributed by atoms with van der Waals surface area (Å²) in [5.41, 5.74) is 0.802. The van der Waals surface area contributed by atoms with Crippen LogP contribution in [0.25, 0.3) is 0 Å². The molecule has 1 amide bonds. The maximum atomic E-state index is 13.4. The van der Waals surface area contributed by atoms with Gasteiger partial charge in [-0.2, -0.15) is 0 Å². The summed E-state index contributed by atoms with van der Waals surface area (Å²) >= 11 is 0. The largest absolute Gasteiger partial charge is 0.481 e. The number of carboxylic acid groups (broad SMARTS) is 1. The van der Waals surface area contributed by atoms with Crippen molar-refractivity contribution in [2.24, 2.45) is 0 Å². The molecule has 0 radical (unpaired) electrons. The van der Waals surface area contributed by atoms with E-state index in [1.54, 1.807) is 13.0 Å². The van der Waals surface area contributed by atoms with E-state index in [0.717, 1.165) is 10.5 Å². The predicted molar refractivity (Wildman–Crippen MR) is 66.5 cm³/mol. The van der Waals surface area contributed by atoms with E-state index in [0.29, 0.717) is 0 Å². The Hall–Kier alpha value is -2.11. The summed E-state index contributed by atoms with van der Waals surface area (Å²) in [5.74, 6) is -2.23. The Morgan fingerprint density at radius 2 is 2.11 bits per heavy atom. The van der Waals surface area contributed by atoms with Crippen molar-refractivity contribution in [1.82, 2.24) is 4.90 Å². The number of benzene rings is 1. The van der Waals surface area contributed by atoms with E-state index in [-0.39, 0.29) is 5.75 Å². The van der Waals surface area contributed by atoms with Crippen LogP contribution in [0.15, 0.2) is 18.2 Å². The van der Waals surface area contributed by atoms with Crippen LogP contribution in [0.4, 0.5) is 4.39 Å². The molecular formula is C13H16FNO4. The Kier molecular flexibility index (Phi) is 4.86. The molecule has 0 saturated carbocycles. The summed E-state index contributed by atoms with van der Waals surface area (Å²) < 4.78 is 18.4. The van der Waals surface area contributed by atoms with Crippen molar-refractivity contribution in [3.63, 3.8) is 0 Å². The molecule has 1 atom stereocenters. The van der Waals surface area contributed by atoms with Gasteiger partial charge in [0.2, 0.25) is 0 Å². The van der Waals surface area contributed by atoms with Gasteiger partial charge >= 0.3 is 5.97 Å². The molecule has 0 aromatic heterocycles. The van der Waals surface area contributed by atoms with Crippen LogP contribution in [0.5, 0.6) is 5.75 Å². The number of aryl methyl sites for hydroxylation is 1. The van der Waals surface area contributed by atoms with Gasteiger partial charge in [-0.1, -0.05) is 6.07 Å². The van der Waals surface area contributed by atoms with E-state index in [1.807, 2.05) is 0 Å². The maximum Gasteiger partial charge on any atom is 0.326 e. The first-order valence-corrected chi connectivity index (χ1v) is 5.70. The van der Waals surface area contributed by atoms with Crippen molar-refractivity contribution in [3.8, 4) is 5.75 Å². The zero-order chi connectivity index (χ0) is 14.6. The van der Waals surface area contributed by atoms with E-state index in [4.69, 9.17) is 9.84 Å². The highest BCUT2D eigenvalue weighted by Gasteiger charge is 2.22. The molecule has 1 aromatic carbocycles. The SMILES string of the molecule is Cc1ccc(F)c(OCC(=O)N(C)C(C)C(=O)O)c1. The van der Waals surface area contributed by atoms with Crippen molar-refractivity contribution in [2.75, 3.05) is 13.7 Å². The van der Waals surface area contributed by atoms with Gasteiger partial charge in [-0.25, -0.2) is 9.18 Å². The van der Waals surface area contributed by atoms with Gasteiger partial charge in [-0.3, -0.25) is 4.79 Å². The molecule has 1 rings (SSSR count). The minimum atomic E-state index is -1.11. The molecule has 19 heavy (non-hydrogen) atoms. The Morgan fingerprint density at radius 3 is 2.68 bits per heavy atom. The lowest BCUT2D eigenvalue weighted by Crippen LogP contribution is -2.42. The highest BCUT2D eigenvalue weighted by molar-refractivity contribution is 5.84. The van der Waals surface area contributed by atoms with Crippen LogP contribution in [0.2, 0.25) is 0 Å². The summed E-state index contributed by atoms with van der Waals surface area (Å²) in [5, 5.41) is 8.77. The number of rotatable bonds is 5. The molecule has 0 aliphatic carbocycles. The highest BCUT2D eigenvalue weighted by Crippen LogP contribution is 2.18. The van der Waals surface area contributed by atoms with Crippen LogP contribution >= 0.6 is 0 Å². The number of halogens is 1. The topological polar surface area (TPSA) is 66.8 Å². The summed E-state index contributed by atoms with van der Waals surface area (Å²) in [6.07, 6.45) is 0. The van der Waals surface area contributed by atoms with E-state index in [2.05, 4.69) is 0 Å². The molecule has 6 heteroatoms. The minimum Gasteiger partial charge on any atom is -0.481 e. The number of carboxylic acids is 1. The van der Waals surface area contributed by atoms with Gasteiger partial charge in [0.25, 0.3) is 5.91 Å². The number of aliphatic carboxylic acids is 1. The third kappa shape index (κ3) is 3.94. The number of likely N-dealkylation sites (N-methyl/N-ethyl adjacent to an activating group) is 1. The molecular weight excluding hydrogens is 253 g/mol. The fraction of sp³-hybridized carbons (Fsp3) is 0.385. The molecule has 0 aliphatic rings. The molecule has 0 fully saturated rings. The van der Waals surface area contributed by atoms with E-state index in [9.17, 15) is 14.0 Å². The minimum absolute atomic E-state index is 0.0234. The van der Waals surface area contributed by atoms with Crippen LogP contribution in [-0.4, -0.2) is 41.6 Å². The van der Waals surface area contributed by atoms with Crippen molar-refractivity contribution in [1.29, 1.82) is 0 Å². The molecule has 0 heterocycles. The van der Waals surface area contributed by atoms with Gasteiger partial charge in [-0.15, -0.1) is 0 Å². The van der Waals surface area contributed by atoms with Crippen molar-refractivity contribution in [3.05, 3.63) is 29.6 Å². The maximum absolute atomic E-state index is 13.4. The van der Waals surface area contributed by atoms with E-state index < -0.39 is 30.3 Å². The van der Waals surface area contributed by atoms with Gasteiger partial charge in [-0.05, 0) is 31.5 Å². The molecule has 0 bridgehead atoms. The van der Waals surface area contributed by atoms with E-state index in [1.165, 1.54) is 26.1 Å². The second kappa shape index (κ2) is 6.17. The first-order valence-electron chi connectivity index (χ1n) is 5.70. The molecule has 104 valence electrons. The Balaban J connectivity index is 2.64. The van der Waals surface area contributed by atoms with Gasteiger partial charge in [0.15, 0.2) is 18.2 Å². The monoisotopic (exact) mass is 269 g/mol. The number of hydrogen-bond donors (Lipinski definition) is 1. The highest BCUT2D eigenvalue weighted by atomic mass is 19.1. The predicted octanol–water partition coefficient (Wildman–Crippen LogP) is 1.44. The lowest BCUT2D eigenvalue weighted by atomic mass is 10.2. The lowest BCUT2D eigenvalue weighted by Gasteiger charge is -2.21. The number of ether oxygens (including phenoxy) is 1. The second-order valence-electron chi connectivity index (χ2n) is 4.24. The second-order valence-corrected chi connectivity index (χ2v) is 4.24. The Bertz CT molecular complexity index is 490. The van der Waals surface area contributed by atoms with Crippen LogP contribution in [-0.2, 0) is 9.59 Å². The molecule has 0 aliphatic heterocycles. The number of amides is 1. The fourth-order valence-electron chi connectivity index (χ4n) is 1.34. The molecule has 1 aromatic rings. The molecule has 0 saturated heterocycles. The first kappa shape index (κ1) is 14.9. The molecule has 5 nitrogen and oxygen atoms in total. The number of nitrogens with zero attached hydrogens (tertiary/aromatic N) is 1. The van der Waals surface area contributed by atoms with Crippen LogP contribution in [0.1, 0.15) is 12.5 Å². The summed E-state index contributed by atoms with van der Waals surface area (Å²) in [6.45, 7) is 2.74. The van der Waals surface area contributed by atoms with Crippen molar-refractivity contribution >= 4 is 11.9 Å². The molecule has 0 spiro atoms. The summed E-state index contributed by atoms with van der Waals surface area (Å²) in [4.78, 5) is 23.4. The quantitative estimate of drug-likeness (QED) is 0.878. The summed E-state index contributed by atoms with van der Waals surface area (Å²) in [7, 11) is 1.36. The van der Waals surface area contributed by atoms with Gasteiger partial charge in [0.05, 0.1) is 0 Å². The number of hydrogen-bond acceptors (Lipinski definition) is 3. The third-order valence-corrected chi connectivity index (χ3v) is 2.77. The first-order chi connectivity index (χ1) is 8.82. The zero-order valence-electron chi connectivity index (χ0n) is 11.0. The third-order valence-electron chi connectivity index (χ3n) is 2.77. The lowest BCUT2D eigenvalue weighted by molar-refractivity contribution is -0.149. The summed E-state index contributed by atoms with van der Waals surface area (Å²) in [6, 6.07) is 3.35. The Labute approximate surface area is 110 Å². The fourth-order valence-corrected chi connectivity index (χ4v) is 1.34. The normalized spacial score (nSPS) is 11.8. The van der Waals surface area contributed by atoms with Crippen molar-refractivity contribution < 1.29 is 23.8 Å². The van der Waals surface area contributed by atoms with Crippen LogP contribution < -0.4 is 4.74 Å². The molecule has 1 N–H and O–H groups in total. The average molecular weight is 269 g/mol. The van der Waals surface area contributed by atoms with E-state index >= 15 is 0 Å².